The Hall–Kier alpha value is -1.40. The molecular weight excluding hydrogens is 210 g/mol. The van der Waals surface area contributed by atoms with Gasteiger partial charge in [0.1, 0.15) is 12.0 Å². The number of anilines is 1. The second kappa shape index (κ2) is 4.23. The lowest BCUT2D eigenvalue weighted by atomic mass is 10.2. The fraction of sp³-hybridized carbons (Fsp3) is 0.600. The minimum Gasteiger partial charge on any atom is -0.390 e. The Balaban J connectivity index is 2.22. The molecule has 0 aromatic carbocycles. The Bertz CT molecular complexity index is 451. The molecule has 0 radical (unpaired) electrons. The van der Waals surface area contributed by atoms with E-state index in [4.69, 9.17) is 6.11 Å². The number of hydrogen-bond acceptors (Lipinski definition) is 5. The van der Waals surface area contributed by atoms with Crippen molar-refractivity contribution in [2.24, 2.45) is 0 Å². The van der Waals surface area contributed by atoms with Crippen LogP contribution in [-0.4, -0.2) is 33.9 Å². The van der Waals surface area contributed by atoms with E-state index in [1.807, 2.05) is 0 Å². The van der Waals surface area contributed by atoms with Crippen LogP contribution in [0.5, 0.6) is 0 Å². The third-order valence-corrected chi connectivity index (χ3v) is 2.60. The Morgan fingerprint density at radius 3 is 3.19 bits per heavy atom. The summed E-state index contributed by atoms with van der Waals surface area (Å²) in [6.07, 6.45) is 0.116. The van der Waals surface area contributed by atoms with Crippen molar-refractivity contribution in [3.8, 4) is 0 Å². The standard InChI is InChI=1S/C10H15N3O3/c1-6-7(14)5-9(16-6)13-4-3-8(11-2)12-10(13)15/h3-4,6-7,9,14H,5H2,1-2H3,(H,11,12,15)/t6-,7-,9-/m1/s1/i1T. The number of aliphatic hydroxyl groups excluding tert-OH is 1. The van der Waals surface area contributed by atoms with Crippen molar-refractivity contribution in [3.63, 3.8) is 0 Å². The molecule has 16 heavy (non-hydrogen) atoms. The molecular formula is C10H15N3O3. The molecule has 0 saturated carbocycles. The molecule has 0 spiro atoms. The van der Waals surface area contributed by atoms with Crippen LogP contribution in [0.15, 0.2) is 17.1 Å². The van der Waals surface area contributed by atoms with Crippen molar-refractivity contribution in [3.05, 3.63) is 22.7 Å². The zero-order valence-corrected chi connectivity index (χ0v) is 8.96. The van der Waals surface area contributed by atoms with E-state index in [0.717, 1.165) is 0 Å². The minimum absolute atomic E-state index is 0.0194. The van der Waals surface area contributed by atoms with E-state index in [0.29, 0.717) is 12.2 Å². The van der Waals surface area contributed by atoms with Gasteiger partial charge in [-0.3, -0.25) is 4.57 Å². The minimum atomic E-state index is -0.701. The zero-order valence-electron chi connectivity index (χ0n) is 9.96. The topological polar surface area (TPSA) is 76.4 Å². The summed E-state index contributed by atoms with van der Waals surface area (Å²) >= 11 is 0. The average molecular weight is 227 g/mol. The molecule has 1 aromatic heterocycles. The molecule has 6 heteroatoms. The number of aliphatic hydroxyl groups is 1. The van der Waals surface area contributed by atoms with Gasteiger partial charge in [0, 0.05) is 21.0 Å². The molecule has 1 saturated heterocycles. The van der Waals surface area contributed by atoms with Gasteiger partial charge in [0.25, 0.3) is 0 Å². The third kappa shape index (κ3) is 1.94. The van der Waals surface area contributed by atoms with Gasteiger partial charge >= 0.3 is 5.69 Å². The second-order valence-corrected chi connectivity index (χ2v) is 3.68. The molecule has 1 aromatic rings. The van der Waals surface area contributed by atoms with Gasteiger partial charge in [-0.2, -0.15) is 4.98 Å². The van der Waals surface area contributed by atoms with Crippen LogP contribution in [0.25, 0.3) is 0 Å². The molecule has 0 aliphatic carbocycles. The lowest BCUT2D eigenvalue weighted by Gasteiger charge is -2.13. The predicted octanol–water partition coefficient (Wildman–Crippen LogP) is -0.0467. The molecule has 0 bridgehead atoms. The summed E-state index contributed by atoms with van der Waals surface area (Å²) in [5, 5.41) is 12.4. The first kappa shape index (κ1) is 9.80. The molecule has 2 N–H and O–H groups in total. The Morgan fingerprint density at radius 2 is 2.62 bits per heavy atom. The monoisotopic (exact) mass is 227 g/mol. The van der Waals surface area contributed by atoms with Gasteiger partial charge in [0.15, 0.2) is 0 Å². The van der Waals surface area contributed by atoms with Crippen LogP contribution in [0.2, 0.25) is 0 Å². The molecule has 1 fully saturated rings. The van der Waals surface area contributed by atoms with Gasteiger partial charge in [-0.1, -0.05) is 0 Å². The molecule has 1 aliphatic rings. The average Bonchev–Trinajstić information content (AvgIpc) is 2.70. The highest BCUT2D eigenvalue weighted by molar-refractivity contribution is 5.30. The summed E-state index contributed by atoms with van der Waals surface area (Å²) in [4.78, 5) is 15.5. The number of nitrogens with one attached hydrogen (secondary N) is 1. The highest BCUT2D eigenvalue weighted by Gasteiger charge is 2.32. The van der Waals surface area contributed by atoms with Crippen LogP contribution in [-0.2, 0) is 4.74 Å². The number of nitrogens with zero attached hydrogens (tertiary/aromatic N) is 2. The summed E-state index contributed by atoms with van der Waals surface area (Å²) in [5.74, 6) is 0.488. The van der Waals surface area contributed by atoms with Crippen LogP contribution < -0.4 is 11.0 Å². The van der Waals surface area contributed by atoms with Gasteiger partial charge in [0.2, 0.25) is 0 Å². The lowest BCUT2D eigenvalue weighted by molar-refractivity contribution is -0.0100. The number of ether oxygens (including phenoxy) is 1. The van der Waals surface area contributed by atoms with Crippen LogP contribution in [0.4, 0.5) is 5.82 Å². The van der Waals surface area contributed by atoms with Crippen molar-refractivity contribution in [1.82, 2.24) is 9.55 Å². The second-order valence-electron chi connectivity index (χ2n) is 3.68. The fourth-order valence-corrected chi connectivity index (χ4v) is 1.66. The third-order valence-electron chi connectivity index (χ3n) is 2.60. The SMILES string of the molecule is [3H]C[C@H]1O[C@@H](n2ccc(NC)nc2=O)C[C@H]1O. The first-order valence-corrected chi connectivity index (χ1v) is 5.05. The maximum Gasteiger partial charge on any atom is 0.351 e. The largest absolute Gasteiger partial charge is 0.390 e. The molecule has 6 nitrogen and oxygen atoms in total. The van der Waals surface area contributed by atoms with E-state index in [2.05, 4.69) is 10.3 Å². The van der Waals surface area contributed by atoms with E-state index in [1.165, 1.54) is 4.57 Å². The van der Waals surface area contributed by atoms with Crippen molar-refractivity contribution >= 4 is 5.82 Å². The zero-order chi connectivity index (χ0) is 12.4. The smallest absolute Gasteiger partial charge is 0.351 e. The normalized spacial score (nSPS) is 30.1. The van der Waals surface area contributed by atoms with Gasteiger partial charge < -0.3 is 15.2 Å². The van der Waals surface area contributed by atoms with Crippen molar-refractivity contribution in [2.75, 3.05) is 12.4 Å². The van der Waals surface area contributed by atoms with Crippen LogP contribution in [0, 0.1) is 0 Å². The van der Waals surface area contributed by atoms with E-state index >= 15 is 0 Å². The van der Waals surface area contributed by atoms with Gasteiger partial charge in [0.05, 0.1) is 12.2 Å². The Morgan fingerprint density at radius 1 is 1.81 bits per heavy atom. The molecule has 88 valence electrons. The molecule has 3 atom stereocenters. The fourth-order valence-electron chi connectivity index (χ4n) is 1.66. The predicted molar refractivity (Wildman–Crippen MR) is 58.3 cm³/mol. The summed E-state index contributed by atoms with van der Waals surface area (Å²) in [5.41, 5.74) is -0.431. The number of hydrogen-bond donors (Lipinski definition) is 2. The summed E-state index contributed by atoms with van der Waals surface area (Å²) in [6, 6.07) is 1.66. The quantitative estimate of drug-likeness (QED) is 0.741. The van der Waals surface area contributed by atoms with Gasteiger partial charge in [-0.05, 0) is 13.0 Å². The van der Waals surface area contributed by atoms with Crippen LogP contribution in [0.1, 0.15) is 20.9 Å². The number of aromatic nitrogens is 2. The summed E-state index contributed by atoms with van der Waals surface area (Å²) in [6.45, 7) is -0.0194. The highest BCUT2D eigenvalue weighted by Crippen LogP contribution is 2.26. The van der Waals surface area contributed by atoms with Gasteiger partial charge in [-0.15, -0.1) is 0 Å². The van der Waals surface area contributed by atoms with E-state index in [1.54, 1.807) is 19.3 Å². The maximum absolute atomic E-state index is 11.7. The Labute approximate surface area is 94.3 Å². The molecule has 1 aliphatic heterocycles. The maximum atomic E-state index is 11.7. The van der Waals surface area contributed by atoms with Crippen molar-refractivity contribution in [1.29, 1.82) is 0 Å². The summed E-state index contributed by atoms with van der Waals surface area (Å²) < 4.78 is 14.0. The Kier molecular flexibility index (Phi) is 2.59. The molecule has 2 heterocycles. The van der Waals surface area contributed by atoms with E-state index in [9.17, 15) is 9.90 Å². The van der Waals surface area contributed by atoms with Crippen molar-refractivity contribution < 1.29 is 11.2 Å². The first-order valence-electron chi connectivity index (χ1n) is 5.76. The van der Waals surface area contributed by atoms with Crippen LogP contribution >= 0.6 is 0 Å². The molecule has 0 unspecified atom stereocenters. The van der Waals surface area contributed by atoms with Crippen LogP contribution in [0.3, 0.4) is 0 Å². The summed E-state index contributed by atoms with van der Waals surface area (Å²) in [7, 11) is 1.68. The first-order chi connectivity index (χ1) is 8.15. The highest BCUT2D eigenvalue weighted by atomic mass is 16.5. The number of rotatable bonds is 2. The van der Waals surface area contributed by atoms with E-state index < -0.39 is 24.1 Å². The molecule has 0 amide bonds. The van der Waals surface area contributed by atoms with E-state index in [-0.39, 0.29) is 6.90 Å². The lowest BCUT2D eigenvalue weighted by Crippen LogP contribution is -2.27. The molecule has 2 rings (SSSR count). The van der Waals surface area contributed by atoms with Crippen molar-refractivity contribution in [2.45, 2.75) is 31.8 Å². The van der Waals surface area contributed by atoms with Gasteiger partial charge in [-0.25, -0.2) is 4.79 Å².